The van der Waals surface area contributed by atoms with Crippen LogP contribution >= 0.6 is 0 Å². The van der Waals surface area contributed by atoms with E-state index in [-0.39, 0.29) is 11.8 Å². The number of likely N-dealkylation sites (tertiary alicyclic amines) is 1. The van der Waals surface area contributed by atoms with Gasteiger partial charge in [-0.3, -0.25) is 14.8 Å². The summed E-state index contributed by atoms with van der Waals surface area (Å²) in [6.07, 6.45) is 7.62. The molecule has 0 saturated carbocycles. The van der Waals surface area contributed by atoms with Crippen LogP contribution < -0.4 is 4.74 Å². The molecule has 2 aromatic rings. The number of hydrogen-bond acceptors (Lipinski definition) is 4. The summed E-state index contributed by atoms with van der Waals surface area (Å²) < 4.78 is 5.33. The second-order valence-electron chi connectivity index (χ2n) is 5.80. The SMILES string of the molecule is COc1ccccc1CC(=O)N1CCC[C@@H](c2cnccn2)C1. The highest BCUT2D eigenvalue weighted by atomic mass is 16.5. The Bertz CT molecular complexity index is 660. The van der Waals surface area contributed by atoms with Gasteiger partial charge in [0.05, 0.1) is 19.2 Å². The smallest absolute Gasteiger partial charge is 0.227 e. The summed E-state index contributed by atoms with van der Waals surface area (Å²) in [5, 5.41) is 0. The summed E-state index contributed by atoms with van der Waals surface area (Å²) in [5.41, 5.74) is 1.91. The van der Waals surface area contributed by atoms with Gasteiger partial charge in [-0.05, 0) is 18.9 Å². The summed E-state index contributed by atoms with van der Waals surface area (Å²) in [6.45, 7) is 1.53. The van der Waals surface area contributed by atoms with Gasteiger partial charge in [0, 0.05) is 43.2 Å². The van der Waals surface area contributed by atoms with E-state index in [4.69, 9.17) is 4.74 Å². The number of para-hydroxylation sites is 1. The number of carbonyl (C=O) groups excluding carboxylic acids is 1. The zero-order valence-corrected chi connectivity index (χ0v) is 13.3. The van der Waals surface area contributed by atoms with Crippen LogP contribution in [0.4, 0.5) is 0 Å². The highest BCUT2D eigenvalue weighted by Gasteiger charge is 2.26. The minimum Gasteiger partial charge on any atom is -0.496 e. The molecule has 1 fully saturated rings. The Morgan fingerprint density at radius 1 is 1.35 bits per heavy atom. The van der Waals surface area contributed by atoms with Crippen LogP contribution in [0.3, 0.4) is 0 Å². The van der Waals surface area contributed by atoms with Crippen LogP contribution in [-0.4, -0.2) is 41.0 Å². The van der Waals surface area contributed by atoms with E-state index < -0.39 is 0 Å². The van der Waals surface area contributed by atoms with E-state index in [9.17, 15) is 4.79 Å². The van der Waals surface area contributed by atoms with Crippen molar-refractivity contribution in [1.29, 1.82) is 0 Å². The first-order chi connectivity index (χ1) is 11.3. The van der Waals surface area contributed by atoms with Gasteiger partial charge < -0.3 is 9.64 Å². The zero-order chi connectivity index (χ0) is 16.1. The van der Waals surface area contributed by atoms with E-state index >= 15 is 0 Å². The molecule has 3 rings (SSSR count). The van der Waals surface area contributed by atoms with Crippen LogP contribution in [0.1, 0.15) is 30.0 Å². The molecule has 5 heteroatoms. The third kappa shape index (κ3) is 3.67. The zero-order valence-electron chi connectivity index (χ0n) is 13.3. The minimum atomic E-state index is 0.142. The van der Waals surface area contributed by atoms with Crippen molar-refractivity contribution in [2.24, 2.45) is 0 Å². The predicted octanol–water partition coefficient (Wildman–Crippen LogP) is 2.43. The van der Waals surface area contributed by atoms with Gasteiger partial charge >= 0.3 is 0 Å². The van der Waals surface area contributed by atoms with E-state index in [0.29, 0.717) is 13.0 Å². The molecule has 1 atom stereocenters. The summed E-state index contributed by atoms with van der Waals surface area (Å²) in [6, 6.07) is 7.68. The van der Waals surface area contributed by atoms with E-state index in [1.807, 2.05) is 29.2 Å². The molecule has 0 unspecified atom stereocenters. The molecule has 1 amide bonds. The predicted molar refractivity (Wildman–Crippen MR) is 87.3 cm³/mol. The third-order valence-electron chi connectivity index (χ3n) is 4.31. The van der Waals surface area contributed by atoms with Gasteiger partial charge in [-0.15, -0.1) is 0 Å². The maximum Gasteiger partial charge on any atom is 0.227 e. The first-order valence-electron chi connectivity index (χ1n) is 7.93. The number of ether oxygens (including phenoxy) is 1. The minimum absolute atomic E-state index is 0.142. The van der Waals surface area contributed by atoms with Crippen molar-refractivity contribution in [3.63, 3.8) is 0 Å². The van der Waals surface area contributed by atoms with Crippen LogP contribution in [0.15, 0.2) is 42.9 Å². The highest BCUT2D eigenvalue weighted by Crippen LogP contribution is 2.26. The van der Waals surface area contributed by atoms with Gasteiger partial charge in [0.1, 0.15) is 5.75 Å². The third-order valence-corrected chi connectivity index (χ3v) is 4.31. The molecule has 1 saturated heterocycles. The Morgan fingerprint density at radius 3 is 3.00 bits per heavy atom. The summed E-state index contributed by atoms with van der Waals surface area (Å²) >= 11 is 0. The van der Waals surface area contributed by atoms with Gasteiger partial charge in [0.25, 0.3) is 0 Å². The maximum atomic E-state index is 12.6. The maximum absolute atomic E-state index is 12.6. The van der Waals surface area contributed by atoms with Crippen molar-refractivity contribution >= 4 is 5.91 Å². The van der Waals surface area contributed by atoms with E-state index in [0.717, 1.165) is 36.4 Å². The van der Waals surface area contributed by atoms with Crippen molar-refractivity contribution in [3.05, 3.63) is 54.1 Å². The number of methoxy groups -OCH3 is 1. The monoisotopic (exact) mass is 311 g/mol. The number of aromatic nitrogens is 2. The molecule has 1 aliphatic rings. The lowest BCUT2D eigenvalue weighted by molar-refractivity contribution is -0.131. The lowest BCUT2D eigenvalue weighted by Crippen LogP contribution is -2.40. The fourth-order valence-corrected chi connectivity index (χ4v) is 3.09. The molecule has 1 aromatic heterocycles. The molecule has 0 N–H and O–H groups in total. The van der Waals surface area contributed by atoms with Crippen LogP contribution in [0, 0.1) is 0 Å². The number of piperidine rings is 1. The molecule has 5 nitrogen and oxygen atoms in total. The number of benzene rings is 1. The van der Waals surface area contributed by atoms with Crippen LogP contribution in [0.2, 0.25) is 0 Å². The van der Waals surface area contributed by atoms with Gasteiger partial charge in [-0.2, -0.15) is 0 Å². The Balaban J connectivity index is 1.68. The van der Waals surface area contributed by atoms with Crippen molar-refractivity contribution in [3.8, 4) is 5.75 Å². The highest BCUT2D eigenvalue weighted by molar-refractivity contribution is 5.79. The lowest BCUT2D eigenvalue weighted by Gasteiger charge is -2.32. The quantitative estimate of drug-likeness (QED) is 0.870. The molecule has 0 spiro atoms. The van der Waals surface area contributed by atoms with Crippen molar-refractivity contribution in [2.75, 3.05) is 20.2 Å². The number of rotatable bonds is 4. The van der Waals surface area contributed by atoms with Gasteiger partial charge in [-0.25, -0.2) is 0 Å². The van der Waals surface area contributed by atoms with Gasteiger partial charge in [0.15, 0.2) is 0 Å². The molecule has 2 heterocycles. The van der Waals surface area contributed by atoms with E-state index in [1.54, 1.807) is 25.7 Å². The number of amides is 1. The summed E-state index contributed by atoms with van der Waals surface area (Å²) in [4.78, 5) is 23.1. The van der Waals surface area contributed by atoms with E-state index in [2.05, 4.69) is 9.97 Å². The fourth-order valence-electron chi connectivity index (χ4n) is 3.09. The lowest BCUT2D eigenvalue weighted by atomic mass is 9.94. The molecular weight excluding hydrogens is 290 g/mol. The number of hydrogen-bond donors (Lipinski definition) is 0. The molecule has 0 aliphatic carbocycles. The average Bonchev–Trinajstić information content (AvgIpc) is 2.63. The second kappa shape index (κ2) is 7.22. The van der Waals surface area contributed by atoms with Crippen LogP contribution in [0.5, 0.6) is 5.75 Å². The standard InChI is InChI=1S/C18H21N3O2/c1-23-17-7-3-2-5-14(17)11-18(22)21-10-4-6-15(13-21)16-12-19-8-9-20-16/h2-3,5,7-9,12,15H,4,6,10-11,13H2,1H3/t15-/m1/s1. The normalized spacial score (nSPS) is 17.8. The first kappa shape index (κ1) is 15.5. The molecular formula is C18H21N3O2. The average molecular weight is 311 g/mol. The fraction of sp³-hybridized carbons (Fsp3) is 0.389. The molecule has 23 heavy (non-hydrogen) atoms. The summed E-state index contributed by atoms with van der Waals surface area (Å²) in [5.74, 6) is 1.19. The summed E-state index contributed by atoms with van der Waals surface area (Å²) in [7, 11) is 1.63. The first-order valence-corrected chi connectivity index (χ1v) is 7.93. The van der Waals surface area contributed by atoms with Crippen molar-refractivity contribution < 1.29 is 9.53 Å². The van der Waals surface area contributed by atoms with Gasteiger partial charge in [0.2, 0.25) is 5.91 Å². The topological polar surface area (TPSA) is 55.3 Å². The van der Waals surface area contributed by atoms with Crippen molar-refractivity contribution in [2.45, 2.75) is 25.2 Å². The van der Waals surface area contributed by atoms with E-state index in [1.165, 1.54) is 0 Å². The molecule has 0 bridgehead atoms. The van der Waals surface area contributed by atoms with Crippen LogP contribution in [-0.2, 0) is 11.2 Å². The van der Waals surface area contributed by atoms with Gasteiger partial charge in [-0.1, -0.05) is 18.2 Å². The number of nitrogens with zero attached hydrogens (tertiary/aromatic N) is 3. The molecule has 0 radical (unpaired) electrons. The Hall–Kier alpha value is -2.43. The largest absolute Gasteiger partial charge is 0.496 e. The second-order valence-corrected chi connectivity index (χ2v) is 5.80. The Labute approximate surface area is 136 Å². The molecule has 1 aliphatic heterocycles. The Morgan fingerprint density at radius 2 is 2.22 bits per heavy atom. The Kier molecular flexibility index (Phi) is 4.86. The van der Waals surface area contributed by atoms with Crippen LogP contribution in [0.25, 0.3) is 0 Å². The molecule has 1 aromatic carbocycles. The number of carbonyl (C=O) groups is 1. The van der Waals surface area contributed by atoms with Crippen molar-refractivity contribution in [1.82, 2.24) is 14.9 Å². The molecule has 120 valence electrons.